The van der Waals surface area contributed by atoms with Crippen LogP contribution >= 0.6 is 11.6 Å². The van der Waals surface area contributed by atoms with Gasteiger partial charge in [-0.15, -0.1) is 0 Å². The first kappa shape index (κ1) is 20.0. The van der Waals surface area contributed by atoms with Crippen LogP contribution in [0.25, 0.3) is 17.2 Å². The maximum Gasteiger partial charge on any atom is 0.407 e. The lowest BCUT2D eigenvalue weighted by Crippen LogP contribution is -2.26. The highest BCUT2D eigenvalue weighted by molar-refractivity contribution is 6.32. The normalized spacial score (nSPS) is 12.6. The van der Waals surface area contributed by atoms with Gasteiger partial charge in [0.2, 0.25) is 0 Å². The van der Waals surface area contributed by atoms with Crippen molar-refractivity contribution in [1.29, 1.82) is 0 Å². The number of hydrogen-bond donors (Lipinski definition) is 2. The van der Waals surface area contributed by atoms with Gasteiger partial charge in [-0.3, -0.25) is 0 Å². The Bertz CT molecular complexity index is 1050. The van der Waals surface area contributed by atoms with Crippen LogP contribution in [0.15, 0.2) is 72.8 Å². The molecule has 0 heterocycles. The summed E-state index contributed by atoms with van der Waals surface area (Å²) in [6.07, 6.45) is 4.10. The highest BCUT2D eigenvalue weighted by Crippen LogP contribution is 2.44. The van der Waals surface area contributed by atoms with Gasteiger partial charge in [-0.25, -0.2) is 4.79 Å². The maximum atomic E-state index is 12.2. The lowest BCUT2D eigenvalue weighted by molar-refractivity contribution is 0.143. The number of carbonyl (C=O) groups excluding carboxylic acids is 1. The molecular formula is C25H23ClN2O2. The van der Waals surface area contributed by atoms with E-state index in [4.69, 9.17) is 22.1 Å². The maximum absolute atomic E-state index is 12.2. The monoisotopic (exact) mass is 418 g/mol. The van der Waals surface area contributed by atoms with Crippen molar-refractivity contribution in [3.8, 4) is 11.1 Å². The van der Waals surface area contributed by atoms with E-state index in [0.29, 0.717) is 30.3 Å². The fourth-order valence-electron chi connectivity index (χ4n) is 3.81. The molecule has 1 amide bonds. The van der Waals surface area contributed by atoms with Crippen molar-refractivity contribution in [3.63, 3.8) is 0 Å². The molecule has 5 heteroatoms. The van der Waals surface area contributed by atoms with Crippen LogP contribution in [0, 0.1) is 0 Å². The van der Waals surface area contributed by atoms with E-state index in [9.17, 15) is 4.79 Å². The minimum Gasteiger partial charge on any atom is -0.449 e. The Hall–Kier alpha value is -3.24. The van der Waals surface area contributed by atoms with Crippen LogP contribution in [0.1, 0.15) is 29.0 Å². The lowest BCUT2D eigenvalue weighted by Gasteiger charge is -2.14. The SMILES string of the molecule is Nc1ccc(Cl)c(C=CCCNC(=O)OCC2c3ccccc3-c3ccccc32)c1. The predicted molar refractivity (Wildman–Crippen MR) is 123 cm³/mol. The van der Waals surface area contributed by atoms with Gasteiger partial charge in [0.05, 0.1) is 0 Å². The minimum absolute atomic E-state index is 0.0636. The Kier molecular flexibility index (Phi) is 6.05. The molecule has 1 aliphatic rings. The van der Waals surface area contributed by atoms with E-state index < -0.39 is 6.09 Å². The van der Waals surface area contributed by atoms with Gasteiger partial charge >= 0.3 is 6.09 Å². The summed E-state index contributed by atoms with van der Waals surface area (Å²) >= 11 is 6.14. The van der Waals surface area contributed by atoms with Crippen LogP contribution in [-0.2, 0) is 4.74 Å². The third kappa shape index (κ3) is 4.34. The quantitative estimate of drug-likeness (QED) is 0.389. The molecule has 4 nitrogen and oxygen atoms in total. The molecule has 0 saturated carbocycles. The number of anilines is 1. The van der Waals surface area contributed by atoms with Gasteiger partial charge in [-0.05, 0) is 52.4 Å². The van der Waals surface area contributed by atoms with E-state index in [1.807, 2.05) is 42.5 Å². The van der Waals surface area contributed by atoms with Crippen molar-refractivity contribution in [2.75, 3.05) is 18.9 Å². The van der Waals surface area contributed by atoms with Crippen molar-refractivity contribution >= 4 is 29.5 Å². The van der Waals surface area contributed by atoms with E-state index in [0.717, 1.165) is 5.56 Å². The molecule has 0 radical (unpaired) electrons. The van der Waals surface area contributed by atoms with Crippen molar-refractivity contribution in [3.05, 3.63) is 94.5 Å². The van der Waals surface area contributed by atoms with Gasteiger partial charge in [0.15, 0.2) is 0 Å². The number of amides is 1. The number of nitrogens with one attached hydrogen (secondary N) is 1. The van der Waals surface area contributed by atoms with E-state index in [2.05, 4.69) is 29.6 Å². The van der Waals surface area contributed by atoms with E-state index in [-0.39, 0.29) is 5.92 Å². The molecule has 3 aromatic carbocycles. The summed E-state index contributed by atoms with van der Waals surface area (Å²) in [5, 5.41) is 3.44. The number of carbonyl (C=O) groups is 1. The van der Waals surface area contributed by atoms with Crippen LogP contribution < -0.4 is 11.1 Å². The second kappa shape index (κ2) is 9.06. The third-order valence-corrected chi connectivity index (χ3v) is 5.59. The van der Waals surface area contributed by atoms with Crippen molar-refractivity contribution in [2.45, 2.75) is 12.3 Å². The second-order valence-electron chi connectivity index (χ2n) is 7.22. The van der Waals surface area contributed by atoms with E-state index in [1.54, 1.807) is 12.1 Å². The summed E-state index contributed by atoms with van der Waals surface area (Å²) in [6, 6.07) is 21.9. The number of nitrogens with two attached hydrogens (primary N) is 1. The van der Waals surface area contributed by atoms with Gasteiger partial charge < -0.3 is 15.8 Å². The molecule has 0 aromatic heterocycles. The van der Waals surface area contributed by atoms with Gasteiger partial charge in [0, 0.05) is 23.2 Å². The Morgan fingerprint density at radius 1 is 1.03 bits per heavy atom. The zero-order chi connectivity index (χ0) is 20.9. The largest absolute Gasteiger partial charge is 0.449 e. The number of benzene rings is 3. The van der Waals surface area contributed by atoms with E-state index >= 15 is 0 Å². The molecule has 30 heavy (non-hydrogen) atoms. The van der Waals surface area contributed by atoms with Crippen molar-refractivity contribution in [1.82, 2.24) is 5.32 Å². The van der Waals surface area contributed by atoms with Gasteiger partial charge in [0.1, 0.15) is 6.61 Å². The van der Waals surface area contributed by atoms with Crippen molar-refractivity contribution < 1.29 is 9.53 Å². The molecule has 0 bridgehead atoms. The first-order valence-electron chi connectivity index (χ1n) is 9.94. The first-order chi connectivity index (χ1) is 14.6. The fourth-order valence-corrected chi connectivity index (χ4v) is 3.99. The molecule has 1 aliphatic carbocycles. The van der Waals surface area contributed by atoms with Crippen molar-refractivity contribution in [2.24, 2.45) is 0 Å². The van der Waals surface area contributed by atoms with Crippen LogP contribution in [0.3, 0.4) is 0 Å². The number of hydrogen-bond acceptors (Lipinski definition) is 3. The average Bonchev–Trinajstić information content (AvgIpc) is 3.08. The van der Waals surface area contributed by atoms with Crippen LogP contribution in [0.2, 0.25) is 5.02 Å². The Balaban J connectivity index is 1.28. The predicted octanol–water partition coefficient (Wildman–Crippen LogP) is 5.86. The topological polar surface area (TPSA) is 64.3 Å². The molecule has 0 fully saturated rings. The van der Waals surface area contributed by atoms with Gasteiger partial charge in [-0.1, -0.05) is 72.3 Å². The smallest absolute Gasteiger partial charge is 0.407 e. The summed E-state index contributed by atoms with van der Waals surface area (Å²) in [4.78, 5) is 12.2. The second-order valence-corrected chi connectivity index (χ2v) is 7.63. The molecule has 4 rings (SSSR count). The average molecular weight is 419 g/mol. The first-order valence-corrected chi connectivity index (χ1v) is 10.3. The number of fused-ring (bicyclic) bond motifs is 3. The summed E-state index contributed by atoms with van der Waals surface area (Å²) in [7, 11) is 0. The molecule has 0 unspecified atom stereocenters. The highest BCUT2D eigenvalue weighted by atomic mass is 35.5. The summed E-state index contributed by atoms with van der Waals surface area (Å²) in [5.41, 5.74) is 12.1. The van der Waals surface area contributed by atoms with Gasteiger partial charge in [0.25, 0.3) is 0 Å². The molecule has 3 aromatic rings. The number of halogens is 1. The Morgan fingerprint density at radius 3 is 2.40 bits per heavy atom. The number of ether oxygens (including phenoxy) is 1. The van der Waals surface area contributed by atoms with Crippen LogP contribution in [0.5, 0.6) is 0 Å². The molecule has 3 N–H and O–H groups in total. The Morgan fingerprint density at radius 2 is 1.70 bits per heavy atom. The number of alkyl carbamates (subject to hydrolysis) is 1. The molecule has 0 saturated heterocycles. The summed E-state index contributed by atoms with van der Waals surface area (Å²) in [6.45, 7) is 0.793. The molecular weight excluding hydrogens is 396 g/mol. The lowest BCUT2D eigenvalue weighted by atomic mass is 9.98. The third-order valence-electron chi connectivity index (χ3n) is 5.24. The number of nitrogen functional groups attached to an aromatic ring is 1. The zero-order valence-electron chi connectivity index (χ0n) is 16.5. The molecule has 0 aliphatic heterocycles. The van der Waals surface area contributed by atoms with Crippen LogP contribution in [-0.4, -0.2) is 19.2 Å². The van der Waals surface area contributed by atoms with Crippen LogP contribution in [0.4, 0.5) is 10.5 Å². The summed E-state index contributed by atoms with van der Waals surface area (Å²) < 4.78 is 5.53. The minimum atomic E-state index is -0.410. The summed E-state index contributed by atoms with van der Waals surface area (Å²) in [5.74, 6) is 0.0636. The number of rotatable bonds is 6. The molecule has 152 valence electrons. The van der Waals surface area contributed by atoms with Gasteiger partial charge in [-0.2, -0.15) is 0 Å². The molecule has 0 spiro atoms. The standard InChI is InChI=1S/C25H23ClN2O2/c26-24-13-12-18(27)15-17(24)7-5-6-14-28-25(29)30-16-23-21-10-3-1-8-19(21)20-9-2-4-11-22(20)23/h1-5,7-13,15,23H,6,14,16,27H2,(H,28,29). The zero-order valence-corrected chi connectivity index (χ0v) is 17.2. The van der Waals surface area contributed by atoms with E-state index in [1.165, 1.54) is 22.3 Å². The Labute approximate surface area is 181 Å². The highest BCUT2D eigenvalue weighted by Gasteiger charge is 2.28. The fraction of sp³-hybridized carbons (Fsp3) is 0.160. The molecule has 0 atom stereocenters.